The molecule has 2 fully saturated rings. The van der Waals surface area contributed by atoms with Crippen molar-refractivity contribution in [2.45, 2.75) is 25.3 Å². The van der Waals surface area contributed by atoms with E-state index in [1.165, 1.54) is 12.8 Å². The van der Waals surface area contributed by atoms with Gasteiger partial charge in [-0.15, -0.1) is 0 Å². The zero-order valence-corrected chi connectivity index (χ0v) is 5.26. The van der Waals surface area contributed by atoms with Crippen LogP contribution < -0.4 is 5.43 Å². The summed E-state index contributed by atoms with van der Waals surface area (Å²) in [5, 5.41) is 2.06. The Hall–Kier alpha value is -0.570. The van der Waals surface area contributed by atoms with Gasteiger partial charge < -0.3 is 0 Å². The zero-order chi connectivity index (χ0) is 6.27. The molecule has 0 atom stereocenters. The van der Waals surface area contributed by atoms with Crippen LogP contribution in [0.4, 0.5) is 0 Å². The maximum Gasteiger partial charge on any atom is 0.235 e. The van der Waals surface area contributed by atoms with Gasteiger partial charge in [0, 0.05) is 19.0 Å². The molecular formula is C6H10N2O. The van der Waals surface area contributed by atoms with Gasteiger partial charge in [-0.05, 0) is 12.8 Å². The largest absolute Gasteiger partial charge is 0.289 e. The van der Waals surface area contributed by atoms with Crippen molar-refractivity contribution in [2.24, 2.45) is 0 Å². The van der Waals surface area contributed by atoms with Crippen LogP contribution in [0.15, 0.2) is 0 Å². The number of carbonyl (C=O) groups excluding carboxylic acids is 1. The molecule has 50 valence electrons. The van der Waals surface area contributed by atoms with Gasteiger partial charge in [0.25, 0.3) is 0 Å². The van der Waals surface area contributed by atoms with E-state index >= 15 is 0 Å². The van der Waals surface area contributed by atoms with Crippen molar-refractivity contribution in [2.75, 3.05) is 6.54 Å². The summed E-state index contributed by atoms with van der Waals surface area (Å²) in [6.45, 7) is 0.920. The molecule has 0 radical (unpaired) electrons. The minimum atomic E-state index is 0.182. The fourth-order valence-electron chi connectivity index (χ4n) is 1.15. The van der Waals surface area contributed by atoms with E-state index in [1.807, 2.05) is 0 Å². The third-order valence-corrected chi connectivity index (χ3v) is 1.84. The van der Waals surface area contributed by atoms with E-state index in [2.05, 4.69) is 10.4 Å². The zero-order valence-electron chi connectivity index (χ0n) is 5.26. The number of carbonyl (C=O) groups is 1. The summed E-state index contributed by atoms with van der Waals surface area (Å²) in [6.07, 6.45) is 3.22. The molecule has 3 heteroatoms. The average Bonchev–Trinajstić information content (AvgIpc) is 2.58. The Kier molecular flexibility index (Phi) is 0.990. The Morgan fingerprint density at radius 3 is 2.78 bits per heavy atom. The van der Waals surface area contributed by atoms with Crippen molar-refractivity contribution in [3.63, 3.8) is 0 Å². The van der Waals surface area contributed by atoms with Gasteiger partial charge in [0.2, 0.25) is 5.91 Å². The summed E-state index contributed by atoms with van der Waals surface area (Å²) >= 11 is 0. The summed E-state index contributed by atoms with van der Waals surface area (Å²) in [4.78, 5) is 10.6. The molecule has 1 aliphatic carbocycles. The van der Waals surface area contributed by atoms with Crippen molar-refractivity contribution in [1.29, 1.82) is 0 Å². The molecule has 0 aromatic rings. The second-order valence-electron chi connectivity index (χ2n) is 2.71. The highest BCUT2D eigenvalue weighted by atomic mass is 16.2. The summed E-state index contributed by atoms with van der Waals surface area (Å²) in [6, 6.07) is 0.677. The van der Waals surface area contributed by atoms with Gasteiger partial charge in [0.15, 0.2) is 0 Å². The molecule has 2 rings (SSSR count). The molecular weight excluding hydrogens is 116 g/mol. The van der Waals surface area contributed by atoms with Crippen molar-refractivity contribution < 1.29 is 4.79 Å². The molecule has 1 N–H and O–H groups in total. The third-order valence-electron chi connectivity index (χ3n) is 1.84. The van der Waals surface area contributed by atoms with Gasteiger partial charge >= 0.3 is 0 Å². The van der Waals surface area contributed by atoms with Crippen LogP contribution in [0.3, 0.4) is 0 Å². The molecule has 9 heavy (non-hydrogen) atoms. The molecule has 2 aliphatic rings. The van der Waals surface area contributed by atoms with E-state index in [0.29, 0.717) is 12.5 Å². The van der Waals surface area contributed by atoms with Crippen molar-refractivity contribution in [1.82, 2.24) is 10.4 Å². The molecule has 1 saturated carbocycles. The van der Waals surface area contributed by atoms with Gasteiger partial charge in [0.1, 0.15) is 0 Å². The number of nitrogens with zero attached hydrogens (tertiary/aromatic N) is 1. The monoisotopic (exact) mass is 126 g/mol. The highest BCUT2D eigenvalue weighted by Crippen LogP contribution is 2.26. The Bertz CT molecular complexity index is 142. The molecule has 0 aromatic heterocycles. The summed E-state index contributed by atoms with van der Waals surface area (Å²) in [5.41, 5.74) is 2.81. The smallest absolute Gasteiger partial charge is 0.235 e. The van der Waals surface area contributed by atoms with Gasteiger partial charge in [-0.2, -0.15) is 0 Å². The van der Waals surface area contributed by atoms with Crippen molar-refractivity contribution in [3.05, 3.63) is 0 Å². The number of nitrogens with one attached hydrogen (secondary N) is 1. The van der Waals surface area contributed by atoms with Gasteiger partial charge in [0.05, 0.1) is 0 Å². The Labute approximate surface area is 54.0 Å². The van der Waals surface area contributed by atoms with Crippen LogP contribution >= 0.6 is 0 Å². The molecule has 1 amide bonds. The van der Waals surface area contributed by atoms with Crippen molar-refractivity contribution >= 4 is 5.91 Å². The first-order chi connectivity index (χ1) is 4.36. The molecule has 0 unspecified atom stereocenters. The van der Waals surface area contributed by atoms with E-state index in [0.717, 1.165) is 6.54 Å². The molecule has 3 nitrogen and oxygen atoms in total. The van der Waals surface area contributed by atoms with Crippen LogP contribution in [0, 0.1) is 0 Å². The van der Waals surface area contributed by atoms with E-state index < -0.39 is 0 Å². The minimum absolute atomic E-state index is 0.182. The molecule has 1 heterocycles. The van der Waals surface area contributed by atoms with Crippen LogP contribution in [0.25, 0.3) is 0 Å². The lowest BCUT2D eigenvalue weighted by atomic mass is 10.4. The standard InChI is InChI=1S/C6H10N2O/c9-6-3-4-8(7-6)5-1-2-5/h5H,1-4H2,(H,7,9). The first-order valence-electron chi connectivity index (χ1n) is 3.42. The minimum Gasteiger partial charge on any atom is -0.289 e. The lowest BCUT2D eigenvalue weighted by molar-refractivity contribution is -0.121. The maximum atomic E-state index is 10.6. The van der Waals surface area contributed by atoms with Gasteiger partial charge in [-0.25, -0.2) is 5.01 Å². The lowest BCUT2D eigenvalue weighted by Crippen LogP contribution is -2.34. The molecule has 0 spiro atoms. The summed E-state index contributed by atoms with van der Waals surface area (Å²) in [5.74, 6) is 0.182. The second kappa shape index (κ2) is 1.70. The van der Waals surface area contributed by atoms with Crippen LogP contribution in [0.1, 0.15) is 19.3 Å². The first kappa shape index (κ1) is 5.23. The second-order valence-corrected chi connectivity index (χ2v) is 2.71. The highest BCUT2D eigenvalue weighted by molar-refractivity contribution is 5.77. The molecule has 0 aromatic carbocycles. The van der Waals surface area contributed by atoms with E-state index in [1.54, 1.807) is 0 Å². The Balaban J connectivity index is 1.92. The van der Waals surface area contributed by atoms with Gasteiger partial charge in [-0.3, -0.25) is 10.2 Å². The van der Waals surface area contributed by atoms with E-state index in [9.17, 15) is 4.79 Å². The fraction of sp³-hybridized carbons (Fsp3) is 0.833. The highest BCUT2D eigenvalue weighted by Gasteiger charge is 2.33. The Morgan fingerprint density at radius 1 is 1.56 bits per heavy atom. The SMILES string of the molecule is O=C1CCN(C2CC2)N1. The maximum absolute atomic E-state index is 10.6. The van der Waals surface area contributed by atoms with Gasteiger partial charge in [-0.1, -0.05) is 0 Å². The van der Waals surface area contributed by atoms with Crippen LogP contribution in [-0.4, -0.2) is 23.5 Å². The topological polar surface area (TPSA) is 32.3 Å². The van der Waals surface area contributed by atoms with Crippen LogP contribution in [0.2, 0.25) is 0 Å². The quantitative estimate of drug-likeness (QED) is 0.531. The first-order valence-corrected chi connectivity index (χ1v) is 3.42. The number of hydrazine groups is 1. The predicted octanol–water partition coefficient (Wildman–Crippen LogP) is -0.114. The normalized spacial score (nSPS) is 28.7. The van der Waals surface area contributed by atoms with Crippen LogP contribution in [0.5, 0.6) is 0 Å². The number of hydrogen-bond donors (Lipinski definition) is 1. The average molecular weight is 126 g/mol. The fourth-order valence-corrected chi connectivity index (χ4v) is 1.15. The molecule has 0 bridgehead atoms. The number of rotatable bonds is 1. The molecule has 1 aliphatic heterocycles. The van der Waals surface area contributed by atoms with Crippen molar-refractivity contribution in [3.8, 4) is 0 Å². The summed E-state index contributed by atoms with van der Waals surface area (Å²) in [7, 11) is 0. The number of hydrogen-bond acceptors (Lipinski definition) is 2. The summed E-state index contributed by atoms with van der Waals surface area (Å²) < 4.78 is 0. The molecule has 1 saturated heterocycles. The van der Waals surface area contributed by atoms with E-state index in [4.69, 9.17) is 0 Å². The predicted molar refractivity (Wildman–Crippen MR) is 32.5 cm³/mol. The Morgan fingerprint density at radius 2 is 2.33 bits per heavy atom. The third kappa shape index (κ3) is 0.920. The van der Waals surface area contributed by atoms with Crippen LogP contribution in [-0.2, 0) is 4.79 Å². The lowest BCUT2D eigenvalue weighted by Gasteiger charge is -2.11. The number of amides is 1. The van der Waals surface area contributed by atoms with E-state index in [-0.39, 0.29) is 5.91 Å².